The van der Waals surface area contributed by atoms with Gasteiger partial charge < -0.3 is 10.2 Å². The van der Waals surface area contributed by atoms with E-state index in [9.17, 15) is 9.59 Å². The van der Waals surface area contributed by atoms with E-state index in [0.29, 0.717) is 18.8 Å². The molecule has 0 aliphatic rings. The van der Waals surface area contributed by atoms with Gasteiger partial charge in [0.05, 0.1) is 5.75 Å². The monoisotopic (exact) mass is 490 g/mol. The first-order chi connectivity index (χ1) is 14.4. The van der Waals surface area contributed by atoms with Gasteiger partial charge in [-0.2, -0.15) is 0 Å². The Morgan fingerprint density at radius 3 is 2.50 bits per heavy atom. The molecular weight excluding hydrogens is 460 g/mol. The van der Waals surface area contributed by atoms with Crippen molar-refractivity contribution in [3.05, 3.63) is 69.7 Å². The van der Waals surface area contributed by atoms with E-state index in [-0.39, 0.29) is 11.8 Å². The molecule has 4 nitrogen and oxygen atoms in total. The van der Waals surface area contributed by atoms with Crippen LogP contribution in [-0.2, 0) is 21.9 Å². The number of unbranched alkanes of at least 4 members (excludes halogenated alkanes) is 1. The Balaban J connectivity index is 2.04. The Bertz CT molecular complexity index is 826. The highest BCUT2D eigenvalue weighted by molar-refractivity contribution is 9.10. The average Bonchev–Trinajstić information content (AvgIpc) is 2.74. The van der Waals surface area contributed by atoms with Crippen LogP contribution in [0.2, 0.25) is 0 Å². The van der Waals surface area contributed by atoms with Gasteiger partial charge in [-0.15, -0.1) is 11.8 Å². The van der Waals surface area contributed by atoms with Crippen molar-refractivity contribution in [1.82, 2.24) is 10.2 Å². The molecule has 0 heterocycles. The third kappa shape index (κ3) is 7.80. The number of aryl methyl sites for hydroxylation is 1. The van der Waals surface area contributed by atoms with Crippen LogP contribution in [0.3, 0.4) is 0 Å². The smallest absolute Gasteiger partial charge is 0.242 e. The fraction of sp³-hybridized carbons (Fsp3) is 0.417. The van der Waals surface area contributed by atoms with E-state index < -0.39 is 6.04 Å². The van der Waals surface area contributed by atoms with Crippen molar-refractivity contribution in [2.75, 3.05) is 12.3 Å². The number of hydrogen-bond acceptors (Lipinski definition) is 3. The van der Waals surface area contributed by atoms with Crippen LogP contribution < -0.4 is 5.32 Å². The fourth-order valence-electron chi connectivity index (χ4n) is 3.01. The molecule has 0 saturated carbocycles. The van der Waals surface area contributed by atoms with Crippen LogP contribution in [0.4, 0.5) is 0 Å². The van der Waals surface area contributed by atoms with Gasteiger partial charge in [0.25, 0.3) is 0 Å². The number of halogens is 1. The minimum atomic E-state index is -0.517. The second-order valence-electron chi connectivity index (χ2n) is 7.39. The second kappa shape index (κ2) is 12.8. The molecule has 162 valence electrons. The van der Waals surface area contributed by atoms with E-state index in [4.69, 9.17) is 0 Å². The third-order valence-electron chi connectivity index (χ3n) is 5.01. The van der Waals surface area contributed by atoms with E-state index in [1.54, 1.807) is 16.7 Å². The summed E-state index contributed by atoms with van der Waals surface area (Å²) in [5, 5.41) is 2.96. The lowest BCUT2D eigenvalue weighted by atomic mass is 10.1. The fourth-order valence-corrected chi connectivity index (χ4v) is 4.26. The maximum Gasteiger partial charge on any atom is 0.242 e. The Morgan fingerprint density at radius 2 is 1.83 bits per heavy atom. The van der Waals surface area contributed by atoms with E-state index in [1.807, 2.05) is 43.3 Å². The summed E-state index contributed by atoms with van der Waals surface area (Å²) in [6.45, 7) is 7.04. The standard InChI is InChI=1S/C24H31BrN2O2S/c1-4-5-14-26-24(29)19(3)27(15-20-10-12-22(25)13-11-20)23(28)17-30-16-21-9-7-6-8-18(21)2/h6-13,19H,4-5,14-17H2,1-3H3,(H,26,29)/t19-/m0/s1. The largest absolute Gasteiger partial charge is 0.354 e. The molecule has 0 fully saturated rings. The predicted octanol–water partition coefficient (Wildman–Crippen LogP) is 5.32. The molecule has 0 aliphatic carbocycles. The topological polar surface area (TPSA) is 49.4 Å². The van der Waals surface area contributed by atoms with Crippen molar-refractivity contribution in [3.63, 3.8) is 0 Å². The zero-order valence-corrected chi connectivity index (χ0v) is 20.4. The van der Waals surface area contributed by atoms with Crippen LogP contribution in [0.25, 0.3) is 0 Å². The molecule has 30 heavy (non-hydrogen) atoms. The summed E-state index contributed by atoms with van der Waals surface area (Å²) in [7, 11) is 0. The summed E-state index contributed by atoms with van der Waals surface area (Å²) < 4.78 is 0.989. The molecule has 0 radical (unpaired) electrons. The minimum Gasteiger partial charge on any atom is -0.354 e. The Morgan fingerprint density at radius 1 is 1.13 bits per heavy atom. The molecule has 1 N–H and O–H groups in total. The van der Waals surface area contributed by atoms with Crippen molar-refractivity contribution < 1.29 is 9.59 Å². The molecule has 1 atom stereocenters. The number of rotatable bonds is 11. The van der Waals surface area contributed by atoms with Gasteiger partial charge in [-0.3, -0.25) is 9.59 Å². The molecule has 6 heteroatoms. The quantitative estimate of drug-likeness (QED) is 0.433. The van der Waals surface area contributed by atoms with Gasteiger partial charge in [0, 0.05) is 23.3 Å². The predicted molar refractivity (Wildman–Crippen MR) is 129 cm³/mol. The van der Waals surface area contributed by atoms with Gasteiger partial charge in [0.15, 0.2) is 0 Å². The van der Waals surface area contributed by atoms with Gasteiger partial charge in [0.2, 0.25) is 11.8 Å². The lowest BCUT2D eigenvalue weighted by Crippen LogP contribution is -2.48. The summed E-state index contributed by atoms with van der Waals surface area (Å²) in [5.41, 5.74) is 3.47. The van der Waals surface area contributed by atoms with Crippen LogP contribution in [0, 0.1) is 6.92 Å². The van der Waals surface area contributed by atoms with Crippen molar-refractivity contribution in [3.8, 4) is 0 Å². The molecule has 2 amide bonds. The van der Waals surface area contributed by atoms with E-state index >= 15 is 0 Å². The summed E-state index contributed by atoms with van der Waals surface area (Å²) in [6, 6.07) is 15.6. The molecule has 2 aromatic carbocycles. The summed E-state index contributed by atoms with van der Waals surface area (Å²) in [5.74, 6) is 1.01. The van der Waals surface area contributed by atoms with Gasteiger partial charge in [-0.05, 0) is 49.1 Å². The minimum absolute atomic E-state index is 0.0188. The molecule has 2 rings (SSSR count). The zero-order valence-electron chi connectivity index (χ0n) is 18.0. The first-order valence-corrected chi connectivity index (χ1v) is 12.3. The first kappa shape index (κ1) is 24.5. The van der Waals surface area contributed by atoms with E-state index in [2.05, 4.69) is 47.2 Å². The number of hydrogen-bond donors (Lipinski definition) is 1. The summed E-state index contributed by atoms with van der Waals surface area (Å²) in [4.78, 5) is 27.4. The third-order valence-corrected chi connectivity index (χ3v) is 6.50. The molecule has 0 spiro atoms. The highest BCUT2D eigenvalue weighted by atomic mass is 79.9. The normalized spacial score (nSPS) is 11.7. The molecule has 0 bridgehead atoms. The second-order valence-corrected chi connectivity index (χ2v) is 9.29. The number of thioether (sulfide) groups is 1. The van der Waals surface area contributed by atoms with Gasteiger partial charge in [-0.1, -0.05) is 65.7 Å². The van der Waals surface area contributed by atoms with E-state index in [0.717, 1.165) is 28.6 Å². The Labute approximate surface area is 192 Å². The van der Waals surface area contributed by atoms with Crippen LogP contribution in [0.15, 0.2) is 53.0 Å². The number of nitrogens with one attached hydrogen (secondary N) is 1. The number of carbonyl (C=O) groups excluding carboxylic acids is 2. The zero-order chi connectivity index (χ0) is 21.9. The van der Waals surface area contributed by atoms with E-state index in [1.165, 1.54) is 11.1 Å². The van der Waals surface area contributed by atoms with Gasteiger partial charge >= 0.3 is 0 Å². The van der Waals surface area contributed by atoms with Crippen LogP contribution in [0.1, 0.15) is 43.4 Å². The maximum absolute atomic E-state index is 13.1. The van der Waals surface area contributed by atoms with Crippen molar-refractivity contribution in [2.24, 2.45) is 0 Å². The molecule has 2 aromatic rings. The Hall–Kier alpha value is -1.79. The number of carbonyl (C=O) groups is 2. The van der Waals surface area contributed by atoms with Crippen LogP contribution >= 0.6 is 27.7 Å². The number of benzene rings is 2. The number of nitrogens with zero attached hydrogens (tertiary/aromatic N) is 1. The molecule has 0 unspecified atom stereocenters. The van der Waals surface area contributed by atoms with Crippen LogP contribution in [0.5, 0.6) is 0 Å². The lowest BCUT2D eigenvalue weighted by Gasteiger charge is -2.29. The van der Waals surface area contributed by atoms with Gasteiger partial charge in [-0.25, -0.2) is 0 Å². The Kier molecular flexibility index (Phi) is 10.4. The van der Waals surface area contributed by atoms with Crippen molar-refractivity contribution >= 4 is 39.5 Å². The maximum atomic E-state index is 13.1. The average molecular weight is 491 g/mol. The highest BCUT2D eigenvalue weighted by Crippen LogP contribution is 2.19. The molecule has 0 aliphatic heterocycles. The molecule has 0 aromatic heterocycles. The summed E-state index contributed by atoms with van der Waals surface area (Å²) in [6.07, 6.45) is 1.96. The first-order valence-electron chi connectivity index (χ1n) is 10.4. The van der Waals surface area contributed by atoms with Crippen molar-refractivity contribution in [1.29, 1.82) is 0 Å². The van der Waals surface area contributed by atoms with Crippen LogP contribution in [-0.4, -0.2) is 35.1 Å². The van der Waals surface area contributed by atoms with Crippen molar-refractivity contribution in [2.45, 2.75) is 52.0 Å². The SMILES string of the molecule is CCCCNC(=O)[C@H](C)N(Cc1ccc(Br)cc1)C(=O)CSCc1ccccc1C. The van der Waals surface area contributed by atoms with Gasteiger partial charge in [0.1, 0.15) is 6.04 Å². The summed E-state index contributed by atoms with van der Waals surface area (Å²) >= 11 is 5.03. The lowest BCUT2D eigenvalue weighted by molar-refractivity contribution is -0.138. The molecular formula is C24H31BrN2O2S. The molecule has 0 saturated heterocycles. The number of amides is 2. The highest BCUT2D eigenvalue weighted by Gasteiger charge is 2.25.